The van der Waals surface area contributed by atoms with Crippen molar-refractivity contribution in [3.05, 3.63) is 35.5 Å². The molecule has 23 heavy (non-hydrogen) atoms. The summed E-state index contributed by atoms with van der Waals surface area (Å²) >= 11 is 1.40. The summed E-state index contributed by atoms with van der Waals surface area (Å²) in [4.78, 5) is 20.2. The van der Waals surface area contributed by atoms with Gasteiger partial charge in [-0.2, -0.15) is 0 Å². The number of hydrogen-bond donors (Lipinski definition) is 2. The third-order valence-electron chi connectivity index (χ3n) is 4.90. The number of nitrogen functional groups attached to an aromatic ring is 1. The number of fused-ring (bicyclic) bond motifs is 3. The number of thiazole rings is 1. The van der Waals surface area contributed by atoms with Gasteiger partial charge in [0, 0.05) is 30.0 Å². The van der Waals surface area contributed by atoms with Gasteiger partial charge in [0.15, 0.2) is 5.01 Å². The van der Waals surface area contributed by atoms with Crippen LogP contribution in [0.25, 0.3) is 10.4 Å². The van der Waals surface area contributed by atoms with Crippen molar-refractivity contribution in [1.82, 2.24) is 15.2 Å². The fraction of sp³-hybridized carbons (Fsp3) is 0.412. The Hall–Kier alpha value is -1.92. The number of rotatable bonds is 3. The maximum atomic E-state index is 12.5. The van der Waals surface area contributed by atoms with E-state index >= 15 is 0 Å². The predicted octanol–water partition coefficient (Wildman–Crippen LogP) is 2.22. The molecule has 0 aliphatic carbocycles. The fourth-order valence-electron chi connectivity index (χ4n) is 3.58. The van der Waals surface area contributed by atoms with Crippen molar-refractivity contribution >= 4 is 22.9 Å². The van der Waals surface area contributed by atoms with Gasteiger partial charge in [-0.05, 0) is 37.9 Å². The van der Waals surface area contributed by atoms with Crippen molar-refractivity contribution in [2.45, 2.75) is 18.9 Å². The van der Waals surface area contributed by atoms with Gasteiger partial charge in [0.1, 0.15) is 0 Å². The Morgan fingerprint density at radius 2 is 2.09 bits per heavy atom. The minimum Gasteiger partial charge on any atom is -0.398 e. The van der Waals surface area contributed by atoms with Crippen molar-refractivity contribution in [1.29, 1.82) is 0 Å². The van der Waals surface area contributed by atoms with E-state index in [-0.39, 0.29) is 11.9 Å². The van der Waals surface area contributed by atoms with Crippen LogP contribution in [-0.4, -0.2) is 41.5 Å². The molecule has 1 amide bonds. The van der Waals surface area contributed by atoms with Crippen molar-refractivity contribution in [3.63, 3.8) is 0 Å². The highest BCUT2D eigenvalue weighted by Gasteiger charge is 2.35. The van der Waals surface area contributed by atoms with E-state index in [1.807, 2.05) is 24.3 Å². The first-order valence-electron chi connectivity index (χ1n) is 8.04. The van der Waals surface area contributed by atoms with Crippen molar-refractivity contribution in [2.75, 3.05) is 25.4 Å². The van der Waals surface area contributed by atoms with Gasteiger partial charge in [0.25, 0.3) is 5.91 Å². The first-order chi connectivity index (χ1) is 11.2. The van der Waals surface area contributed by atoms with Crippen LogP contribution in [-0.2, 0) is 0 Å². The number of para-hydroxylation sites is 1. The van der Waals surface area contributed by atoms with Gasteiger partial charge >= 0.3 is 0 Å². The number of benzene rings is 1. The van der Waals surface area contributed by atoms with Gasteiger partial charge in [0.05, 0.1) is 4.88 Å². The van der Waals surface area contributed by atoms with Crippen molar-refractivity contribution in [2.24, 2.45) is 5.92 Å². The third kappa shape index (κ3) is 2.84. The smallest absolute Gasteiger partial charge is 0.280 e. The maximum absolute atomic E-state index is 12.5. The van der Waals surface area contributed by atoms with E-state index in [0.717, 1.165) is 17.0 Å². The van der Waals surface area contributed by atoms with Crippen molar-refractivity contribution < 1.29 is 4.79 Å². The third-order valence-corrected chi connectivity index (χ3v) is 5.93. The summed E-state index contributed by atoms with van der Waals surface area (Å²) < 4.78 is 0. The number of amides is 1. The van der Waals surface area contributed by atoms with Crippen LogP contribution in [0.4, 0.5) is 5.69 Å². The summed E-state index contributed by atoms with van der Waals surface area (Å²) in [7, 11) is 0. The molecule has 1 aromatic carbocycles. The molecule has 3 aliphatic rings. The average Bonchev–Trinajstić information content (AvgIpc) is 3.06. The lowest BCUT2D eigenvalue weighted by Gasteiger charge is -2.44. The van der Waals surface area contributed by atoms with E-state index in [9.17, 15) is 4.79 Å². The molecule has 3 saturated heterocycles. The van der Waals surface area contributed by atoms with Crippen LogP contribution in [0.2, 0.25) is 0 Å². The number of nitrogens with one attached hydrogen (secondary N) is 1. The Kier molecular flexibility index (Phi) is 3.79. The highest BCUT2D eigenvalue weighted by Crippen LogP contribution is 2.31. The topological polar surface area (TPSA) is 71.2 Å². The highest BCUT2D eigenvalue weighted by atomic mass is 32.1. The molecule has 4 heterocycles. The van der Waals surface area contributed by atoms with E-state index < -0.39 is 0 Å². The Bertz CT molecular complexity index is 721. The SMILES string of the molecule is Nc1ccccc1-c1cnc(C(=O)NC2CN3CCC2CC3)s1. The maximum Gasteiger partial charge on any atom is 0.280 e. The normalized spacial score (nSPS) is 26.2. The lowest BCUT2D eigenvalue weighted by molar-refractivity contribution is 0.0620. The molecule has 6 heteroatoms. The van der Waals surface area contributed by atoms with Gasteiger partial charge in [0.2, 0.25) is 0 Å². The van der Waals surface area contributed by atoms with Gasteiger partial charge in [-0.15, -0.1) is 11.3 Å². The van der Waals surface area contributed by atoms with Gasteiger partial charge in [-0.3, -0.25) is 4.79 Å². The molecule has 3 aliphatic heterocycles. The minimum atomic E-state index is -0.0606. The number of aromatic nitrogens is 1. The quantitative estimate of drug-likeness (QED) is 0.848. The zero-order chi connectivity index (χ0) is 15.8. The Balaban J connectivity index is 1.48. The van der Waals surface area contributed by atoms with Crippen LogP contribution in [0.3, 0.4) is 0 Å². The fourth-order valence-corrected chi connectivity index (χ4v) is 4.45. The van der Waals surface area contributed by atoms with E-state index in [4.69, 9.17) is 5.73 Å². The summed E-state index contributed by atoms with van der Waals surface area (Å²) in [5.41, 5.74) is 7.65. The summed E-state index contributed by atoms with van der Waals surface area (Å²) in [6.45, 7) is 3.32. The summed E-state index contributed by atoms with van der Waals surface area (Å²) in [6, 6.07) is 7.93. The monoisotopic (exact) mass is 328 g/mol. The van der Waals surface area contributed by atoms with Crippen LogP contribution in [0, 0.1) is 5.92 Å². The zero-order valence-electron chi connectivity index (χ0n) is 12.9. The molecule has 0 radical (unpaired) electrons. The van der Waals surface area contributed by atoms with Crippen molar-refractivity contribution in [3.8, 4) is 10.4 Å². The summed E-state index contributed by atoms with van der Waals surface area (Å²) in [6.07, 6.45) is 4.12. The lowest BCUT2D eigenvalue weighted by Crippen LogP contribution is -2.57. The van der Waals surface area contributed by atoms with Gasteiger partial charge in [-0.1, -0.05) is 18.2 Å². The van der Waals surface area contributed by atoms with Gasteiger partial charge in [-0.25, -0.2) is 4.98 Å². The number of carbonyl (C=O) groups excluding carboxylic acids is 1. The van der Waals surface area contributed by atoms with E-state index in [1.54, 1.807) is 6.20 Å². The number of anilines is 1. The predicted molar refractivity (Wildman–Crippen MR) is 92.4 cm³/mol. The zero-order valence-corrected chi connectivity index (χ0v) is 13.7. The second-order valence-corrected chi connectivity index (χ2v) is 7.37. The summed E-state index contributed by atoms with van der Waals surface area (Å²) in [5.74, 6) is 0.558. The Morgan fingerprint density at radius 3 is 2.78 bits per heavy atom. The Labute approximate surface area is 139 Å². The molecule has 0 spiro atoms. The second-order valence-electron chi connectivity index (χ2n) is 6.33. The second kappa shape index (κ2) is 5.94. The number of carbonyl (C=O) groups is 1. The largest absolute Gasteiger partial charge is 0.398 e. The molecule has 0 saturated carbocycles. The van der Waals surface area contributed by atoms with E-state index in [0.29, 0.717) is 16.6 Å². The molecule has 5 rings (SSSR count). The molecule has 1 unspecified atom stereocenters. The molecule has 2 aromatic rings. The lowest BCUT2D eigenvalue weighted by atomic mass is 9.84. The number of hydrogen-bond acceptors (Lipinski definition) is 5. The first kappa shape index (κ1) is 14.7. The molecule has 2 bridgehead atoms. The first-order valence-corrected chi connectivity index (χ1v) is 8.86. The van der Waals surface area contributed by atoms with Gasteiger partial charge < -0.3 is 16.0 Å². The molecule has 1 aromatic heterocycles. The number of nitrogens with two attached hydrogens (primary N) is 1. The highest BCUT2D eigenvalue weighted by molar-refractivity contribution is 7.17. The molecule has 3 fully saturated rings. The summed E-state index contributed by atoms with van der Waals surface area (Å²) in [5, 5.41) is 3.70. The average molecular weight is 328 g/mol. The minimum absolute atomic E-state index is 0.0606. The van der Waals surface area contributed by atoms with Crippen LogP contribution >= 0.6 is 11.3 Å². The molecular weight excluding hydrogens is 308 g/mol. The molecular formula is C17H20N4OS. The molecule has 120 valence electrons. The standard InChI is InChI=1S/C17H20N4OS/c18-13-4-2-1-3-12(13)15-9-19-17(23-15)16(22)20-14-10-21-7-5-11(14)6-8-21/h1-4,9,11,14H,5-8,10,18H2,(H,20,22). The number of piperidine rings is 3. The Morgan fingerprint density at radius 1 is 1.30 bits per heavy atom. The van der Waals surface area contributed by atoms with Crippen LogP contribution in [0.15, 0.2) is 30.5 Å². The van der Waals surface area contributed by atoms with E-state index in [2.05, 4.69) is 15.2 Å². The van der Waals surface area contributed by atoms with Crippen LogP contribution in [0.5, 0.6) is 0 Å². The van der Waals surface area contributed by atoms with E-state index in [1.165, 1.54) is 37.3 Å². The molecule has 3 N–H and O–H groups in total. The number of nitrogens with zero attached hydrogens (tertiary/aromatic N) is 2. The van der Waals surface area contributed by atoms with Crippen LogP contribution < -0.4 is 11.1 Å². The van der Waals surface area contributed by atoms with Crippen LogP contribution in [0.1, 0.15) is 22.6 Å². The molecule has 1 atom stereocenters. The molecule has 5 nitrogen and oxygen atoms in total.